The molecule has 1 aliphatic carbocycles. The second-order valence-electron chi connectivity index (χ2n) is 5.80. The number of benzene rings is 1. The quantitative estimate of drug-likeness (QED) is 0.908. The van der Waals surface area contributed by atoms with Gasteiger partial charge in [0.2, 0.25) is 10.0 Å². The number of rotatable bonds is 3. The molecule has 0 amide bonds. The summed E-state index contributed by atoms with van der Waals surface area (Å²) in [5, 5.41) is 0. The predicted molar refractivity (Wildman–Crippen MR) is 75.8 cm³/mol. The van der Waals surface area contributed by atoms with Gasteiger partial charge in [0.15, 0.2) is 0 Å². The SMILES string of the molecule is CC1(C)CCC(NS(=O)(=O)c2ccc(Br)c(F)c2)C1. The summed E-state index contributed by atoms with van der Waals surface area (Å²) in [4.78, 5) is -0.0297. The van der Waals surface area contributed by atoms with Crippen LogP contribution < -0.4 is 4.72 Å². The van der Waals surface area contributed by atoms with Crippen molar-refractivity contribution in [3.8, 4) is 0 Å². The molecule has 1 unspecified atom stereocenters. The second-order valence-corrected chi connectivity index (χ2v) is 8.37. The summed E-state index contributed by atoms with van der Waals surface area (Å²) in [6.07, 6.45) is 2.63. The van der Waals surface area contributed by atoms with Gasteiger partial charge in [0.05, 0.1) is 9.37 Å². The molecule has 1 aliphatic rings. The minimum atomic E-state index is -3.64. The van der Waals surface area contributed by atoms with Crippen molar-refractivity contribution in [2.45, 2.75) is 44.0 Å². The molecule has 0 aromatic heterocycles. The molecule has 1 fully saturated rings. The van der Waals surface area contributed by atoms with Crippen molar-refractivity contribution >= 4 is 26.0 Å². The Morgan fingerprint density at radius 3 is 2.63 bits per heavy atom. The average Bonchev–Trinajstić information content (AvgIpc) is 2.61. The molecule has 1 saturated carbocycles. The Kier molecular flexibility index (Phi) is 4.05. The maximum absolute atomic E-state index is 13.4. The zero-order chi connectivity index (χ0) is 14.3. The molecule has 19 heavy (non-hydrogen) atoms. The van der Waals surface area contributed by atoms with Gasteiger partial charge >= 0.3 is 0 Å². The molecule has 6 heteroatoms. The smallest absolute Gasteiger partial charge is 0.208 e. The van der Waals surface area contributed by atoms with Gasteiger partial charge in [-0.3, -0.25) is 0 Å². The topological polar surface area (TPSA) is 46.2 Å². The van der Waals surface area contributed by atoms with E-state index in [4.69, 9.17) is 0 Å². The Balaban J connectivity index is 2.17. The summed E-state index contributed by atoms with van der Waals surface area (Å²) >= 11 is 3.01. The summed E-state index contributed by atoms with van der Waals surface area (Å²) in [7, 11) is -3.64. The van der Waals surface area contributed by atoms with Crippen LogP contribution in [0.3, 0.4) is 0 Å². The standard InChI is InChI=1S/C13H17BrFNO2S/c1-13(2)6-5-9(8-13)16-19(17,18)10-3-4-11(14)12(15)7-10/h3-4,7,9,16H,5-6,8H2,1-2H3. The van der Waals surface area contributed by atoms with E-state index in [9.17, 15) is 12.8 Å². The molecule has 0 radical (unpaired) electrons. The Morgan fingerprint density at radius 2 is 2.11 bits per heavy atom. The molecule has 1 aromatic rings. The second kappa shape index (κ2) is 5.14. The van der Waals surface area contributed by atoms with Crippen molar-refractivity contribution in [3.05, 3.63) is 28.5 Å². The van der Waals surface area contributed by atoms with Crippen LogP contribution in [0.1, 0.15) is 33.1 Å². The monoisotopic (exact) mass is 349 g/mol. The van der Waals surface area contributed by atoms with Crippen LogP contribution in [0, 0.1) is 11.2 Å². The largest absolute Gasteiger partial charge is 0.240 e. The number of hydrogen-bond acceptors (Lipinski definition) is 2. The van der Waals surface area contributed by atoms with E-state index in [-0.39, 0.29) is 20.8 Å². The summed E-state index contributed by atoms with van der Waals surface area (Å²) in [5.41, 5.74) is 0.165. The highest BCUT2D eigenvalue weighted by Crippen LogP contribution is 2.37. The maximum atomic E-state index is 13.4. The summed E-state index contributed by atoms with van der Waals surface area (Å²) < 4.78 is 40.7. The lowest BCUT2D eigenvalue weighted by Gasteiger charge is -2.18. The third-order valence-corrected chi connectivity index (χ3v) is 5.65. The van der Waals surface area contributed by atoms with Gasteiger partial charge in [-0.05, 0) is 58.8 Å². The predicted octanol–water partition coefficient (Wildman–Crippen LogP) is 3.45. The normalized spacial score (nSPS) is 22.6. The Labute approximate surface area is 121 Å². The highest BCUT2D eigenvalue weighted by molar-refractivity contribution is 9.10. The minimum Gasteiger partial charge on any atom is -0.208 e. The first-order chi connectivity index (χ1) is 8.70. The first-order valence-electron chi connectivity index (χ1n) is 6.17. The molecule has 106 valence electrons. The van der Waals surface area contributed by atoms with E-state index in [1.165, 1.54) is 12.1 Å². The van der Waals surface area contributed by atoms with Gasteiger partial charge in [-0.25, -0.2) is 17.5 Å². The molecular weight excluding hydrogens is 333 g/mol. The maximum Gasteiger partial charge on any atom is 0.240 e. The van der Waals surface area contributed by atoms with Crippen LogP contribution in [0.4, 0.5) is 4.39 Å². The number of nitrogens with one attached hydrogen (secondary N) is 1. The molecule has 0 bridgehead atoms. The van der Waals surface area contributed by atoms with E-state index in [1.807, 2.05) is 0 Å². The fraction of sp³-hybridized carbons (Fsp3) is 0.538. The zero-order valence-corrected chi connectivity index (χ0v) is 13.3. The molecule has 2 rings (SSSR count). The third-order valence-electron chi connectivity index (χ3n) is 3.49. The van der Waals surface area contributed by atoms with Crippen molar-refractivity contribution in [1.29, 1.82) is 0 Å². The minimum absolute atomic E-state index is 0.0297. The molecule has 1 aromatic carbocycles. The van der Waals surface area contributed by atoms with Gasteiger partial charge in [-0.15, -0.1) is 0 Å². The molecule has 1 N–H and O–H groups in total. The van der Waals surface area contributed by atoms with E-state index in [1.54, 1.807) is 0 Å². The van der Waals surface area contributed by atoms with Crippen molar-refractivity contribution < 1.29 is 12.8 Å². The number of hydrogen-bond donors (Lipinski definition) is 1. The average molecular weight is 350 g/mol. The Bertz CT molecular complexity index is 586. The van der Waals surface area contributed by atoms with Crippen LogP contribution >= 0.6 is 15.9 Å². The van der Waals surface area contributed by atoms with Gasteiger partial charge in [0.1, 0.15) is 5.82 Å². The van der Waals surface area contributed by atoms with Crippen LogP contribution in [-0.4, -0.2) is 14.5 Å². The molecule has 0 aliphatic heterocycles. The number of sulfonamides is 1. The van der Waals surface area contributed by atoms with Crippen LogP contribution in [0.2, 0.25) is 0 Å². The van der Waals surface area contributed by atoms with E-state index in [0.717, 1.165) is 25.3 Å². The molecular formula is C13H17BrFNO2S. The first-order valence-corrected chi connectivity index (χ1v) is 8.45. The summed E-state index contributed by atoms with van der Waals surface area (Å²) in [6.45, 7) is 4.25. The van der Waals surface area contributed by atoms with Crippen molar-refractivity contribution in [1.82, 2.24) is 4.72 Å². The fourth-order valence-electron chi connectivity index (χ4n) is 2.47. The van der Waals surface area contributed by atoms with Gasteiger partial charge in [0.25, 0.3) is 0 Å². The van der Waals surface area contributed by atoms with Gasteiger partial charge in [-0.1, -0.05) is 13.8 Å². The van der Waals surface area contributed by atoms with Gasteiger partial charge < -0.3 is 0 Å². The lowest BCUT2D eigenvalue weighted by atomic mass is 9.92. The summed E-state index contributed by atoms with van der Waals surface area (Å²) in [5.74, 6) is -0.574. The van der Waals surface area contributed by atoms with Gasteiger partial charge in [-0.2, -0.15) is 0 Å². The van der Waals surface area contributed by atoms with Crippen LogP contribution in [0.5, 0.6) is 0 Å². The third kappa shape index (κ3) is 3.55. The Hall–Kier alpha value is -0.460. The van der Waals surface area contributed by atoms with E-state index in [2.05, 4.69) is 34.5 Å². The van der Waals surface area contributed by atoms with Crippen molar-refractivity contribution in [3.63, 3.8) is 0 Å². The van der Waals surface area contributed by atoms with Crippen molar-refractivity contribution in [2.24, 2.45) is 5.41 Å². The fourth-order valence-corrected chi connectivity index (χ4v) is 4.00. The van der Waals surface area contributed by atoms with Crippen molar-refractivity contribution in [2.75, 3.05) is 0 Å². The van der Waals surface area contributed by atoms with Gasteiger partial charge in [0, 0.05) is 6.04 Å². The molecule has 3 nitrogen and oxygen atoms in total. The summed E-state index contributed by atoms with van der Waals surface area (Å²) in [6, 6.07) is 3.77. The number of halogens is 2. The first kappa shape index (κ1) is 14.9. The molecule has 0 saturated heterocycles. The van der Waals surface area contributed by atoms with Crippen LogP contribution in [0.15, 0.2) is 27.6 Å². The zero-order valence-electron chi connectivity index (χ0n) is 10.9. The van der Waals surface area contributed by atoms with E-state index in [0.29, 0.717) is 0 Å². The lowest BCUT2D eigenvalue weighted by Crippen LogP contribution is -2.33. The highest BCUT2D eigenvalue weighted by Gasteiger charge is 2.33. The molecule has 0 heterocycles. The highest BCUT2D eigenvalue weighted by atomic mass is 79.9. The van der Waals surface area contributed by atoms with Crippen LogP contribution in [-0.2, 0) is 10.0 Å². The van der Waals surface area contributed by atoms with E-state index >= 15 is 0 Å². The van der Waals surface area contributed by atoms with Crippen LogP contribution in [0.25, 0.3) is 0 Å². The molecule has 1 atom stereocenters. The van der Waals surface area contributed by atoms with E-state index < -0.39 is 15.8 Å². The lowest BCUT2D eigenvalue weighted by molar-refractivity contribution is 0.372. The molecule has 0 spiro atoms. The Morgan fingerprint density at radius 1 is 1.42 bits per heavy atom.